The van der Waals surface area contributed by atoms with E-state index < -0.39 is 0 Å². The van der Waals surface area contributed by atoms with Gasteiger partial charge in [0.2, 0.25) is 0 Å². The van der Waals surface area contributed by atoms with Crippen LogP contribution >= 0.6 is 0 Å². The first kappa shape index (κ1) is 9.04. The zero-order chi connectivity index (χ0) is 9.42. The van der Waals surface area contributed by atoms with Crippen LogP contribution in [0.15, 0.2) is 0 Å². The van der Waals surface area contributed by atoms with Crippen molar-refractivity contribution in [1.82, 2.24) is 0 Å². The fraction of sp³-hybridized carbons (Fsp3) is 0.909. The van der Waals surface area contributed by atoms with Gasteiger partial charge >= 0.3 is 5.97 Å². The molecule has 74 valence electrons. The van der Waals surface area contributed by atoms with Crippen molar-refractivity contribution in [2.45, 2.75) is 45.6 Å². The van der Waals surface area contributed by atoms with E-state index in [1.54, 1.807) is 0 Å². The molecule has 0 bridgehead atoms. The van der Waals surface area contributed by atoms with Gasteiger partial charge in [-0.05, 0) is 30.6 Å². The van der Waals surface area contributed by atoms with Gasteiger partial charge in [-0.15, -0.1) is 0 Å². The Morgan fingerprint density at radius 2 is 2.15 bits per heavy atom. The number of carbonyl (C=O) groups excluding carboxylic acids is 1. The van der Waals surface area contributed by atoms with Crippen LogP contribution in [0.4, 0.5) is 0 Å². The van der Waals surface area contributed by atoms with Crippen LogP contribution in [0.3, 0.4) is 0 Å². The fourth-order valence-electron chi connectivity index (χ4n) is 3.21. The molecule has 4 atom stereocenters. The molecule has 0 radical (unpaired) electrons. The van der Waals surface area contributed by atoms with Gasteiger partial charge in [0, 0.05) is 6.92 Å². The highest BCUT2D eigenvalue weighted by Crippen LogP contribution is 2.48. The molecule has 0 N–H and O–H groups in total. The minimum Gasteiger partial charge on any atom is -0.462 e. The monoisotopic (exact) mass is 182 g/mol. The zero-order valence-corrected chi connectivity index (χ0v) is 8.45. The summed E-state index contributed by atoms with van der Waals surface area (Å²) in [6, 6.07) is 0. The molecule has 2 saturated carbocycles. The molecule has 0 aromatic heterocycles. The van der Waals surface area contributed by atoms with Crippen molar-refractivity contribution in [3.8, 4) is 0 Å². The normalized spacial score (nSPS) is 43.2. The third-order valence-electron chi connectivity index (χ3n) is 3.83. The van der Waals surface area contributed by atoms with Gasteiger partial charge in [-0.2, -0.15) is 0 Å². The number of fused-ring (bicyclic) bond motifs is 1. The summed E-state index contributed by atoms with van der Waals surface area (Å²) in [5.41, 5.74) is 0. The Morgan fingerprint density at radius 3 is 2.77 bits per heavy atom. The van der Waals surface area contributed by atoms with Crippen LogP contribution in [0, 0.1) is 17.8 Å². The SMILES string of the molecule is CC(=O)OC1CC2CCCC2C1C. The van der Waals surface area contributed by atoms with Gasteiger partial charge in [-0.3, -0.25) is 4.79 Å². The first-order valence-electron chi connectivity index (χ1n) is 5.35. The number of carbonyl (C=O) groups is 1. The second-order valence-electron chi connectivity index (χ2n) is 4.60. The van der Waals surface area contributed by atoms with Gasteiger partial charge in [0.1, 0.15) is 6.10 Å². The largest absolute Gasteiger partial charge is 0.462 e. The van der Waals surface area contributed by atoms with Gasteiger partial charge in [-0.1, -0.05) is 19.8 Å². The number of hydrogen-bond acceptors (Lipinski definition) is 2. The molecule has 2 nitrogen and oxygen atoms in total. The molecule has 0 aliphatic heterocycles. The van der Waals surface area contributed by atoms with E-state index in [0.29, 0.717) is 5.92 Å². The van der Waals surface area contributed by atoms with Crippen LogP contribution in [0.25, 0.3) is 0 Å². The number of rotatable bonds is 1. The van der Waals surface area contributed by atoms with Crippen LogP contribution in [0.1, 0.15) is 39.5 Å². The lowest BCUT2D eigenvalue weighted by atomic mass is 9.93. The van der Waals surface area contributed by atoms with Crippen molar-refractivity contribution in [1.29, 1.82) is 0 Å². The second-order valence-corrected chi connectivity index (χ2v) is 4.60. The number of esters is 1. The standard InChI is InChI=1S/C11H18O2/c1-7-10-5-3-4-9(10)6-11(7)13-8(2)12/h7,9-11H,3-6H2,1-2H3. The molecule has 2 rings (SSSR count). The number of hydrogen-bond donors (Lipinski definition) is 0. The summed E-state index contributed by atoms with van der Waals surface area (Å²) in [4.78, 5) is 10.8. The summed E-state index contributed by atoms with van der Waals surface area (Å²) < 4.78 is 5.32. The Labute approximate surface area is 79.7 Å². The first-order chi connectivity index (χ1) is 6.18. The van der Waals surface area contributed by atoms with Crippen molar-refractivity contribution in [2.75, 3.05) is 0 Å². The maximum absolute atomic E-state index is 10.8. The average molecular weight is 182 g/mol. The van der Waals surface area contributed by atoms with E-state index in [9.17, 15) is 4.79 Å². The predicted molar refractivity (Wildman–Crippen MR) is 50.2 cm³/mol. The van der Waals surface area contributed by atoms with Gasteiger partial charge in [0.25, 0.3) is 0 Å². The topological polar surface area (TPSA) is 26.3 Å². The maximum Gasteiger partial charge on any atom is 0.302 e. The van der Waals surface area contributed by atoms with E-state index in [-0.39, 0.29) is 12.1 Å². The molecular formula is C11H18O2. The molecule has 2 fully saturated rings. The van der Waals surface area contributed by atoms with Crippen molar-refractivity contribution < 1.29 is 9.53 Å². The van der Waals surface area contributed by atoms with Gasteiger partial charge in [0.05, 0.1) is 0 Å². The van der Waals surface area contributed by atoms with E-state index >= 15 is 0 Å². The van der Waals surface area contributed by atoms with E-state index in [1.807, 2.05) is 0 Å². The molecule has 0 spiro atoms. The lowest BCUT2D eigenvalue weighted by Gasteiger charge is -2.18. The summed E-state index contributed by atoms with van der Waals surface area (Å²) in [7, 11) is 0. The highest BCUT2D eigenvalue weighted by molar-refractivity contribution is 5.66. The lowest BCUT2D eigenvalue weighted by molar-refractivity contribution is -0.148. The summed E-state index contributed by atoms with van der Waals surface area (Å²) in [6.07, 6.45) is 5.42. The third kappa shape index (κ3) is 1.59. The lowest BCUT2D eigenvalue weighted by Crippen LogP contribution is -2.21. The van der Waals surface area contributed by atoms with Crippen LogP contribution in [-0.2, 0) is 9.53 Å². The summed E-state index contributed by atoms with van der Waals surface area (Å²) in [5.74, 6) is 2.16. The highest BCUT2D eigenvalue weighted by atomic mass is 16.5. The van der Waals surface area contributed by atoms with E-state index in [0.717, 1.165) is 18.3 Å². The molecule has 0 aromatic carbocycles. The van der Waals surface area contributed by atoms with Crippen LogP contribution in [0.5, 0.6) is 0 Å². The van der Waals surface area contributed by atoms with Gasteiger partial charge in [-0.25, -0.2) is 0 Å². The Morgan fingerprint density at radius 1 is 1.38 bits per heavy atom. The van der Waals surface area contributed by atoms with Crippen LogP contribution in [0.2, 0.25) is 0 Å². The first-order valence-corrected chi connectivity index (χ1v) is 5.35. The molecular weight excluding hydrogens is 164 g/mol. The Bertz CT molecular complexity index is 212. The maximum atomic E-state index is 10.8. The molecule has 13 heavy (non-hydrogen) atoms. The summed E-state index contributed by atoms with van der Waals surface area (Å²) in [6.45, 7) is 3.75. The van der Waals surface area contributed by atoms with Crippen molar-refractivity contribution >= 4 is 5.97 Å². The predicted octanol–water partition coefficient (Wildman–Crippen LogP) is 2.37. The molecule has 2 aliphatic carbocycles. The molecule has 0 heterocycles. The van der Waals surface area contributed by atoms with Crippen LogP contribution < -0.4 is 0 Å². The smallest absolute Gasteiger partial charge is 0.302 e. The van der Waals surface area contributed by atoms with E-state index in [1.165, 1.54) is 26.2 Å². The second kappa shape index (κ2) is 3.32. The Balaban J connectivity index is 1.98. The minimum atomic E-state index is -0.114. The molecule has 2 aliphatic rings. The van der Waals surface area contributed by atoms with Gasteiger partial charge < -0.3 is 4.74 Å². The third-order valence-corrected chi connectivity index (χ3v) is 3.83. The summed E-state index contributed by atoms with van der Waals surface area (Å²) >= 11 is 0. The van der Waals surface area contributed by atoms with Crippen molar-refractivity contribution in [2.24, 2.45) is 17.8 Å². The fourth-order valence-corrected chi connectivity index (χ4v) is 3.21. The van der Waals surface area contributed by atoms with Crippen LogP contribution in [-0.4, -0.2) is 12.1 Å². The van der Waals surface area contributed by atoms with E-state index in [2.05, 4.69) is 6.92 Å². The minimum absolute atomic E-state index is 0.114. The average Bonchev–Trinajstić information content (AvgIpc) is 2.56. The molecule has 0 aromatic rings. The highest BCUT2D eigenvalue weighted by Gasteiger charge is 2.44. The van der Waals surface area contributed by atoms with Crippen molar-refractivity contribution in [3.05, 3.63) is 0 Å². The molecule has 4 unspecified atom stereocenters. The quantitative estimate of drug-likeness (QED) is 0.582. The van der Waals surface area contributed by atoms with Crippen molar-refractivity contribution in [3.63, 3.8) is 0 Å². The molecule has 0 amide bonds. The summed E-state index contributed by atoms with van der Waals surface area (Å²) in [5, 5.41) is 0. The zero-order valence-electron chi connectivity index (χ0n) is 8.45. The van der Waals surface area contributed by atoms with Gasteiger partial charge in [0.15, 0.2) is 0 Å². The molecule has 2 heteroatoms. The molecule has 0 saturated heterocycles. The Kier molecular flexibility index (Phi) is 2.31. The number of ether oxygens (including phenoxy) is 1. The Hall–Kier alpha value is -0.530. The van der Waals surface area contributed by atoms with E-state index in [4.69, 9.17) is 4.74 Å².